The molecule has 0 saturated carbocycles. The van der Waals surface area contributed by atoms with E-state index in [0.29, 0.717) is 6.04 Å². The van der Waals surface area contributed by atoms with Gasteiger partial charge in [0.15, 0.2) is 0 Å². The van der Waals surface area contributed by atoms with Crippen LogP contribution in [0.4, 0.5) is 0 Å². The summed E-state index contributed by atoms with van der Waals surface area (Å²) in [6.07, 6.45) is 3.64. The van der Waals surface area contributed by atoms with E-state index in [0.717, 1.165) is 23.4 Å². The minimum absolute atomic E-state index is 0.608. The molecule has 0 fully saturated rings. The predicted octanol–water partition coefficient (Wildman–Crippen LogP) is 4.41. The zero-order valence-electron chi connectivity index (χ0n) is 11.2. The molecule has 0 spiro atoms. The molecule has 0 heterocycles. The van der Waals surface area contributed by atoms with Crippen LogP contribution in [0, 0.1) is 5.92 Å². The van der Waals surface area contributed by atoms with Gasteiger partial charge in [0.2, 0.25) is 0 Å². The van der Waals surface area contributed by atoms with Crippen molar-refractivity contribution in [3.63, 3.8) is 0 Å². The summed E-state index contributed by atoms with van der Waals surface area (Å²) in [5.74, 6) is 0.776. The largest absolute Gasteiger partial charge is 0.314 e. The maximum absolute atomic E-state index is 3.64. The standard InChI is InChI=1S/C15H24BrN/c1-4-13(5-2)15(17-6-3)11-12-7-9-14(16)10-8-12/h7-10,13,15,17H,4-6,11H2,1-3H3. The topological polar surface area (TPSA) is 12.0 Å². The normalized spacial score (nSPS) is 13.0. The summed E-state index contributed by atoms with van der Waals surface area (Å²) in [6, 6.07) is 9.31. The summed E-state index contributed by atoms with van der Waals surface area (Å²) in [5.41, 5.74) is 1.42. The van der Waals surface area contributed by atoms with Crippen LogP contribution in [0.3, 0.4) is 0 Å². The van der Waals surface area contributed by atoms with E-state index in [1.165, 1.54) is 18.4 Å². The van der Waals surface area contributed by atoms with E-state index < -0.39 is 0 Å². The zero-order valence-corrected chi connectivity index (χ0v) is 12.8. The molecule has 0 bridgehead atoms. The van der Waals surface area contributed by atoms with Crippen molar-refractivity contribution in [2.75, 3.05) is 6.54 Å². The molecule has 2 heteroatoms. The first-order chi connectivity index (χ1) is 8.21. The van der Waals surface area contributed by atoms with Crippen molar-refractivity contribution < 1.29 is 0 Å². The van der Waals surface area contributed by atoms with E-state index in [1.807, 2.05) is 0 Å². The average molecular weight is 298 g/mol. The maximum atomic E-state index is 3.64. The summed E-state index contributed by atoms with van der Waals surface area (Å²) in [6.45, 7) is 7.83. The van der Waals surface area contributed by atoms with Gasteiger partial charge in [0.1, 0.15) is 0 Å². The third-order valence-corrected chi connectivity index (χ3v) is 3.98. The van der Waals surface area contributed by atoms with E-state index in [2.05, 4.69) is 66.3 Å². The molecule has 0 aromatic heterocycles. The monoisotopic (exact) mass is 297 g/mol. The highest BCUT2D eigenvalue weighted by molar-refractivity contribution is 9.10. The molecular weight excluding hydrogens is 274 g/mol. The average Bonchev–Trinajstić information content (AvgIpc) is 2.34. The smallest absolute Gasteiger partial charge is 0.0175 e. The third kappa shape index (κ3) is 4.81. The van der Waals surface area contributed by atoms with Gasteiger partial charge >= 0.3 is 0 Å². The first-order valence-electron chi connectivity index (χ1n) is 6.69. The van der Waals surface area contributed by atoms with Gasteiger partial charge < -0.3 is 5.32 Å². The molecule has 0 saturated heterocycles. The van der Waals surface area contributed by atoms with Gasteiger partial charge in [-0.1, -0.05) is 61.7 Å². The van der Waals surface area contributed by atoms with E-state index in [4.69, 9.17) is 0 Å². The van der Waals surface area contributed by atoms with Crippen molar-refractivity contribution in [3.8, 4) is 0 Å². The molecule has 1 aromatic carbocycles. The van der Waals surface area contributed by atoms with Crippen LogP contribution in [0.25, 0.3) is 0 Å². The lowest BCUT2D eigenvalue weighted by Crippen LogP contribution is -2.37. The molecule has 0 radical (unpaired) electrons. The molecular formula is C15H24BrN. The van der Waals surface area contributed by atoms with Crippen molar-refractivity contribution in [1.29, 1.82) is 0 Å². The van der Waals surface area contributed by atoms with Gasteiger partial charge in [-0.15, -0.1) is 0 Å². The molecule has 0 amide bonds. The van der Waals surface area contributed by atoms with Crippen molar-refractivity contribution in [2.24, 2.45) is 5.92 Å². The van der Waals surface area contributed by atoms with Gasteiger partial charge in [0, 0.05) is 10.5 Å². The lowest BCUT2D eigenvalue weighted by molar-refractivity contribution is 0.337. The first-order valence-corrected chi connectivity index (χ1v) is 7.48. The molecule has 1 nitrogen and oxygen atoms in total. The second-order valence-corrected chi connectivity index (χ2v) is 5.49. The zero-order chi connectivity index (χ0) is 12.7. The van der Waals surface area contributed by atoms with Gasteiger partial charge in [-0.05, 0) is 36.6 Å². The van der Waals surface area contributed by atoms with E-state index >= 15 is 0 Å². The fourth-order valence-electron chi connectivity index (χ4n) is 2.40. The third-order valence-electron chi connectivity index (χ3n) is 3.45. The van der Waals surface area contributed by atoms with E-state index in [9.17, 15) is 0 Å². The van der Waals surface area contributed by atoms with E-state index in [1.54, 1.807) is 0 Å². The second kappa shape index (κ2) is 7.88. The van der Waals surface area contributed by atoms with Gasteiger partial charge in [0.05, 0.1) is 0 Å². The minimum Gasteiger partial charge on any atom is -0.314 e. The Morgan fingerprint density at radius 1 is 1.06 bits per heavy atom. The minimum atomic E-state index is 0.608. The number of halogens is 1. The lowest BCUT2D eigenvalue weighted by atomic mass is 9.89. The lowest BCUT2D eigenvalue weighted by Gasteiger charge is -2.26. The molecule has 96 valence electrons. The molecule has 0 aliphatic heterocycles. The Morgan fingerprint density at radius 3 is 2.12 bits per heavy atom. The summed E-state index contributed by atoms with van der Waals surface area (Å²) in [7, 11) is 0. The molecule has 17 heavy (non-hydrogen) atoms. The summed E-state index contributed by atoms with van der Waals surface area (Å²) >= 11 is 3.48. The van der Waals surface area contributed by atoms with Crippen molar-refractivity contribution in [3.05, 3.63) is 34.3 Å². The number of benzene rings is 1. The quantitative estimate of drug-likeness (QED) is 0.786. The fourth-order valence-corrected chi connectivity index (χ4v) is 2.66. The molecule has 1 aromatic rings. The molecule has 1 unspecified atom stereocenters. The Hall–Kier alpha value is -0.340. The highest BCUT2D eigenvalue weighted by atomic mass is 79.9. The Bertz CT molecular complexity index is 303. The molecule has 0 aliphatic carbocycles. The molecule has 1 rings (SSSR count). The molecule has 0 aliphatic rings. The van der Waals surface area contributed by atoms with Gasteiger partial charge in [0.25, 0.3) is 0 Å². The van der Waals surface area contributed by atoms with Crippen LogP contribution < -0.4 is 5.32 Å². The van der Waals surface area contributed by atoms with Crippen molar-refractivity contribution in [2.45, 2.75) is 46.1 Å². The highest BCUT2D eigenvalue weighted by Crippen LogP contribution is 2.19. The maximum Gasteiger partial charge on any atom is 0.0175 e. The Labute approximate surface area is 114 Å². The first kappa shape index (κ1) is 14.7. The summed E-state index contributed by atoms with van der Waals surface area (Å²) < 4.78 is 1.16. The van der Waals surface area contributed by atoms with Gasteiger partial charge in [-0.25, -0.2) is 0 Å². The van der Waals surface area contributed by atoms with Crippen LogP contribution in [0.1, 0.15) is 39.2 Å². The predicted molar refractivity (Wildman–Crippen MR) is 79.4 cm³/mol. The highest BCUT2D eigenvalue weighted by Gasteiger charge is 2.17. The van der Waals surface area contributed by atoms with Crippen LogP contribution in [0.2, 0.25) is 0 Å². The summed E-state index contributed by atoms with van der Waals surface area (Å²) in [4.78, 5) is 0. The van der Waals surface area contributed by atoms with Gasteiger partial charge in [-0.2, -0.15) is 0 Å². The van der Waals surface area contributed by atoms with Gasteiger partial charge in [-0.3, -0.25) is 0 Å². The number of hydrogen-bond acceptors (Lipinski definition) is 1. The van der Waals surface area contributed by atoms with Crippen LogP contribution in [0.5, 0.6) is 0 Å². The second-order valence-electron chi connectivity index (χ2n) is 4.57. The Kier molecular flexibility index (Phi) is 6.83. The number of rotatable bonds is 7. The number of nitrogens with one attached hydrogen (secondary N) is 1. The Morgan fingerprint density at radius 2 is 1.65 bits per heavy atom. The number of hydrogen-bond donors (Lipinski definition) is 1. The van der Waals surface area contributed by atoms with Crippen LogP contribution in [0.15, 0.2) is 28.7 Å². The summed E-state index contributed by atoms with van der Waals surface area (Å²) in [5, 5.41) is 3.64. The van der Waals surface area contributed by atoms with Crippen molar-refractivity contribution >= 4 is 15.9 Å². The van der Waals surface area contributed by atoms with Crippen LogP contribution >= 0.6 is 15.9 Å². The molecule has 1 N–H and O–H groups in total. The number of likely N-dealkylation sites (N-methyl/N-ethyl adjacent to an activating group) is 1. The van der Waals surface area contributed by atoms with Crippen LogP contribution in [-0.2, 0) is 6.42 Å². The van der Waals surface area contributed by atoms with E-state index in [-0.39, 0.29) is 0 Å². The Balaban J connectivity index is 2.68. The van der Waals surface area contributed by atoms with Crippen molar-refractivity contribution in [1.82, 2.24) is 5.32 Å². The molecule has 1 atom stereocenters. The fraction of sp³-hybridized carbons (Fsp3) is 0.600. The SMILES string of the molecule is CCNC(Cc1ccc(Br)cc1)C(CC)CC. The van der Waals surface area contributed by atoms with Crippen LogP contribution in [-0.4, -0.2) is 12.6 Å².